The molecule has 0 amide bonds. The van der Waals surface area contributed by atoms with E-state index in [4.69, 9.17) is 9.88 Å². The fourth-order valence-corrected chi connectivity index (χ4v) is 5.17. The first kappa shape index (κ1) is 18.1. The topological polar surface area (TPSA) is 69.4 Å². The molecule has 1 aromatic heterocycles. The minimum atomic E-state index is -3.74. The number of ether oxygens (including phenoxy) is 1. The monoisotopic (exact) mass is 419 g/mol. The lowest BCUT2D eigenvalue weighted by atomic mass is 9.96. The average Bonchev–Trinajstić information content (AvgIpc) is 3.16. The molecule has 0 fully saturated rings. The van der Waals surface area contributed by atoms with Crippen molar-refractivity contribution in [1.29, 1.82) is 0 Å². The van der Waals surface area contributed by atoms with Crippen molar-refractivity contribution in [3.05, 3.63) is 94.9 Å². The number of benzene rings is 3. The maximum Gasteiger partial charge on any atom is 0.238 e. The van der Waals surface area contributed by atoms with Crippen LogP contribution in [0.5, 0.6) is 5.75 Å². The first-order valence-corrected chi connectivity index (χ1v) is 11.5. The second kappa shape index (κ2) is 6.84. The van der Waals surface area contributed by atoms with Gasteiger partial charge in [0.1, 0.15) is 11.5 Å². The Balaban J connectivity index is 1.68. The van der Waals surface area contributed by atoms with E-state index in [0.717, 1.165) is 39.5 Å². The zero-order valence-corrected chi connectivity index (χ0v) is 17.0. The molecule has 4 aromatic rings. The SMILES string of the molecule is NS(=O)(=O)c1ccc(C2=C(c3cc4ccccc4s3)Cc3ccccc3O2)cc1. The lowest BCUT2D eigenvalue weighted by molar-refractivity contribution is 0.502. The van der Waals surface area contributed by atoms with Crippen LogP contribution in [0.4, 0.5) is 0 Å². The molecule has 3 aromatic carbocycles. The number of primary sulfonamides is 1. The van der Waals surface area contributed by atoms with E-state index in [1.807, 2.05) is 30.3 Å². The Morgan fingerprint density at radius 1 is 0.897 bits per heavy atom. The van der Waals surface area contributed by atoms with Gasteiger partial charge in [-0.2, -0.15) is 0 Å². The summed E-state index contributed by atoms with van der Waals surface area (Å²) in [7, 11) is -3.74. The summed E-state index contributed by atoms with van der Waals surface area (Å²) in [6.45, 7) is 0. The molecule has 0 aliphatic carbocycles. The highest BCUT2D eigenvalue weighted by molar-refractivity contribution is 7.89. The summed E-state index contributed by atoms with van der Waals surface area (Å²) in [6.07, 6.45) is 0.745. The van der Waals surface area contributed by atoms with Gasteiger partial charge in [0.25, 0.3) is 0 Å². The first-order chi connectivity index (χ1) is 14.0. The molecule has 0 unspecified atom stereocenters. The summed E-state index contributed by atoms with van der Waals surface area (Å²) in [5, 5.41) is 6.44. The van der Waals surface area contributed by atoms with Crippen LogP contribution in [0.1, 0.15) is 16.0 Å². The maximum atomic E-state index is 11.6. The maximum absolute atomic E-state index is 11.6. The van der Waals surface area contributed by atoms with Crippen molar-refractivity contribution in [2.75, 3.05) is 0 Å². The Labute approximate surface area is 172 Å². The van der Waals surface area contributed by atoms with Crippen LogP contribution in [0.3, 0.4) is 0 Å². The van der Waals surface area contributed by atoms with Crippen molar-refractivity contribution in [1.82, 2.24) is 0 Å². The zero-order valence-electron chi connectivity index (χ0n) is 15.3. The summed E-state index contributed by atoms with van der Waals surface area (Å²) in [4.78, 5) is 1.23. The summed E-state index contributed by atoms with van der Waals surface area (Å²) in [5.74, 6) is 1.57. The van der Waals surface area contributed by atoms with Gasteiger partial charge in [-0.25, -0.2) is 13.6 Å². The molecule has 6 heteroatoms. The van der Waals surface area contributed by atoms with Gasteiger partial charge in [0.05, 0.1) is 4.90 Å². The van der Waals surface area contributed by atoms with E-state index in [9.17, 15) is 8.42 Å². The van der Waals surface area contributed by atoms with E-state index in [1.165, 1.54) is 22.2 Å². The molecule has 0 radical (unpaired) electrons. The second-order valence-electron chi connectivity index (χ2n) is 6.91. The normalized spacial score (nSPS) is 14.0. The number of allylic oxidation sites excluding steroid dienone is 1. The van der Waals surface area contributed by atoms with Crippen LogP contribution in [-0.2, 0) is 16.4 Å². The highest BCUT2D eigenvalue weighted by Crippen LogP contribution is 2.42. The molecule has 1 aliphatic rings. The Morgan fingerprint density at radius 2 is 1.62 bits per heavy atom. The number of thiophene rings is 1. The number of para-hydroxylation sites is 1. The van der Waals surface area contributed by atoms with E-state index in [-0.39, 0.29) is 4.90 Å². The Kier molecular flexibility index (Phi) is 4.28. The van der Waals surface area contributed by atoms with Crippen molar-refractivity contribution < 1.29 is 13.2 Å². The number of hydrogen-bond donors (Lipinski definition) is 1. The third-order valence-corrected chi connectivity index (χ3v) is 7.10. The highest BCUT2D eigenvalue weighted by Gasteiger charge is 2.24. The molecule has 0 saturated carbocycles. The van der Waals surface area contributed by atoms with Crippen LogP contribution in [0.15, 0.2) is 83.8 Å². The fourth-order valence-electron chi connectivity index (χ4n) is 3.55. The average molecular weight is 420 g/mol. The van der Waals surface area contributed by atoms with Crippen LogP contribution in [0.2, 0.25) is 0 Å². The number of rotatable bonds is 3. The molecule has 5 rings (SSSR count). The summed E-state index contributed by atoms with van der Waals surface area (Å²) >= 11 is 1.73. The minimum Gasteiger partial charge on any atom is -0.456 e. The molecular formula is C23H17NO3S2. The van der Waals surface area contributed by atoms with Crippen molar-refractivity contribution in [2.24, 2.45) is 5.14 Å². The minimum absolute atomic E-state index is 0.0847. The lowest BCUT2D eigenvalue weighted by Crippen LogP contribution is -2.12. The Hall–Kier alpha value is -2.93. The largest absolute Gasteiger partial charge is 0.456 e. The molecule has 29 heavy (non-hydrogen) atoms. The predicted molar refractivity (Wildman–Crippen MR) is 117 cm³/mol. The summed E-state index contributed by atoms with van der Waals surface area (Å²) < 4.78 is 30.7. The molecule has 4 nitrogen and oxygen atoms in total. The number of sulfonamides is 1. The first-order valence-electron chi connectivity index (χ1n) is 9.10. The number of hydrogen-bond acceptors (Lipinski definition) is 4. The van der Waals surface area contributed by atoms with E-state index >= 15 is 0 Å². The van der Waals surface area contributed by atoms with Gasteiger partial charge in [0.15, 0.2) is 0 Å². The molecule has 0 saturated heterocycles. The van der Waals surface area contributed by atoms with Crippen molar-refractivity contribution in [2.45, 2.75) is 11.3 Å². The third-order valence-electron chi connectivity index (χ3n) is 4.99. The van der Waals surface area contributed by atoms with Gasteiger partial charge in [0.2, 0.25) is 10.0 Å². The lowest BCUT2D eigenvalue weighted by Gasteiger charge is -2.23. The fraction of sp³-hybridized carbons (Fsp3) is 0.0435. The van der Waals surface area contributed by atoms with E-state index in [0.29, 0.717) is 0 Å². The molecule has 2 heterocycles. The van der Waals surface area contributed by atoms with Crippen molar-refractivity contribution in [3.8, 4) is 5.75 Å². The van der Waals surface area contributed by atoms with E-state index in [1.54, 1.807) is 23.5 Å². The van der Waals surface area contributed by atoms with Gasteiger partial charge in [-0.15, -0.1) is 11.3 Å². The standard InChI is InChI=1S/C23H17NO3S2/c24-29(25,26)18-11-9-15(10-12-18)23-19(13-16-5-1-3-7-20(16)27-23)22-14-17-6-2-4-8-21(17)28-22/h1-12,14H,13H2,(H2,24,25,26). The van der Waals surface area contributed by atoms with Crippen LogP contribution in [-0.4, -0.2) is 8.42 Å². The van der Waals surface area contributed by atoms with Gasteiger partial charge in [-0.3, -0.25) is 0 Å². The van der Waals surface area contributed by atoms with E-state index in [2.05, 4.69) is 24.3 Å². The molecule has 2 N–H and O–H groups in total. The number of nitrogens with two attached hydrogens (primary N) is 1. The predicted octanol–water partition coefficient (Wildman–Crippen LogP) is 5.05. The van der Waals surface area contributed by atoms with E-state index < -0.39 is 10.0 Å². The summed E-state index contributed by atoms with van der Waals surface area (Å²) in [5.41, 5.74) is 3.04. The molecular weight excluding hydrogens is 402 g/mol. The van der Waals surface area contributed by atoms with Gasteiger partial charge < -0.3 is 4.74 Å². The van der Waals surface area contributed by atoms with Crippen LogP contribution in [0.25, 0.3) is 21.4 Å². The molecule has 1 aliphatic heterocycles. The zero-order chi connectivity index (χ0) is 20.0. The molecule has 144 valence electrons. The van der Waals surface area contributed by atoms with Gasteiger partial charge in [-0.05, 0) is 53.4 Å². The Morgan fingerprint density at radius 3 is 2.38 bits per heavy atom. The van der Waals surface area contributed by atoms with Crippen LogP contribution in [0, 0.1) is 0 Å². The number of fused-ring (bicyclic) bond motifs is 2. The van der Waals surface area contributed by atoms with Gasteiger partial charge >= 0.3 is 0 Å². The Bertz CT molecular complexity index is 1330. The smallest absolute Gasteiger partial charge is 0.238 e. The van der Waals surface area contributed by atoms with Crippen LogP contribution >= 0.6 is 11.3 Å². The quantitative estimate of drug-likeness (QED) is 0.505. The molecule has 0 bridgehead atoms. The van der Waals surface area contributed by atoms with Gasteiger partial charge in [-0.1, -0.05) is 36.4 Å². The second-order valence-corrected chi connectivity index (χ2v) is 9.56. The molecule has 0 spiro atoms. The molecule has 0 atom stereocenters. The van der Waals surface area contributed by atoms with Gasteiger partial charge in [0, 0.05) is 27.1 Å². The third kappa shape index (κ3) is 3.35. The van der Waals surface area contributed by atoms with Crippen molar-refractivity contribution in [3.63, 3.8) is 0 Å². The summed E-state index contributed by atoms with van der Waals surface area (Å²) in [6, 6.07) is 25.0. The van der Waals surface area contributed by atoms with Crippen LogP contribution < -0.4 is 9.88 Å². The highest BCUT2D eigenvalue weighted by atomic mass is 32.2. The van der Waals surface area contributed by atoms with Crippen molar-refractivity contribution >= 4 is 42.8 Å².